The number of aromatic carboxylic acids is 1. The molecule has 0 aliphatic carbocycles. The van der Waals surface area contributed by atoms with E-state index in [0.29, 0.717) is 17.0 Å². The molecule has 4 rings (SSSR count). The van der Waals surface area contributed by atoms with Crippen LogP contribution >= 0.6 is 0 Å². The molecule has 1 fully saturated rings. The number of fused-ring (bicyclic) bond motifs is 1. The lowest BCUT2D eigenvalue weighted by molar-refractivity contribution is 0.0698. The maximum Gasteiger partial charge on any atom is 0.337 e. The highest BCUT2D eigenvalue weighted by molar-refractivity contribution is 6.02. The summed E-state index contributed by atoms with van der Waals surface area (Å²) in [7, 11) is 0. The molecule has 0 amide bonds. The minimum absolute atomic E-state index is 0.125. The number of imidazole rings is 2. The van der Waals surface area contributed by atoms with Crippen molar-refractivity contribution in [3.8, 4) is 0 Å². The Morgan fingerprint density at radius 3 is 2.69 bits per heavy atom. The van der Waals surface area contributed by atoms with Crippen molar-refractivity contribution in [1.82, 2.24) is 19.5 Å². The van der Waals surface area contributed by atoms with Crippen LogP contribution in [0.1, 0.15) is 54.7 Å². The molecule has 0 saturated carbocycles. The third kappa shape index (κ3) is 2.73. The molecule has 3 aromatic rings. The van der Waals surface area contributed by atoms with E-state index in [1.807, 2.05) is 12.3 Å². The summed E-state index contributed by atoms with van der Waals surface area (Å²) in [5.41, 5.74) is 2.87. The van der Waals surface area contributed by atoms with E-state index in [2.05, 4.69) is 33.3 Å². The van der Waals surface area contributed by atoms with Gasteiger partial charge in [0.15, 0.2) is 0 Å². The normalized spacial score (nSPS) is 15.9. The number of nitrogens with one attached hydrogen (secondary N) is 1. The van der Waals surface area contributed by atoms with Crippen LogP contribution in [0.5, 0.6) is 0 Å². The second kappa shape index (κ2) is 6.48. The Morgan fingerprint density at radius 2 is 2.08 bits per heavy atom. The lowest BCUT2D eigenvalue weighted by Gasteiger charge is -2.33. The second-order valence-electron chi connectivity index (χ2n) is 7.11. The van der Waals surface area contributed by atoms with Crippen LogP contribution < -0.4 is 4.90 Å². The summed E-state index contributed by atoms with van der Waals surface area (Å²) in [6.07, 6.45) is 5.73. The molecule has 0 atom stereocenters. The van der Waals surface area contributed by atoms with E-state index in [9.17, 15) is 9.90 Å². The smallest absolute Gasteiger partial charge is 0.337 e. The molecule has 0 unspecified atom stereocenters. The van der Waals surface area contributed by atoms with Crippen molar-refractivity contribution in [1.29, 1.82) is 0 Å². The van der Waals surface area contributed by atoms with E-state index in [1.54, 1.807) is 18.5 Å². The number of aromatic amines is 1. The first-order valence-corrected chi connectivity index (χ1v) is 9.04. The van der Waals surface area contributed by atoms with Gasteiger partial charge < -0.3 is 19.6 Å². The molecule has 3 heterocycles. The van der Waals surface area contributed by atoms with E-state index in [0.717, 1.165) is 43.1 Å². The van der Waals surface area contributed by atoms with Gasteiger partial charge >= 0.3 is 5.97 Å². The van der Waals surface area contributed by atoms with Gasteiger partial charge in [0.2, 0.25) is 5.95 Å². The van der Waals surface area contributed by atoms with Gasteiger partial charge in [-0.1, -0.05) is 6.07 Å². The lowest BCUT2D eigenvalue weighted by atomic mass is 9.94. The molecule has 0 bridgehead atoms. The number of nitrogens with zero attached hydrogens (tertiary/aromatic N) is 4. The molecule has 2 aromatic heterocycles. The molecule has 2 N–H and O–H groups in total. The van der Waals surface area contributed by atoms with Crippen molar-refractivity contribution in [2.24, 2.45) is 0 Å². The van der Waals surface area contributed by atoms with Crippen LogP contribution in [-0.2, 0) is 0 Å². The zero-order valence-corrected chi connectivity index (χ0v) is 15.0. The molecule has 1 saturated heterocycles. The average molecular weight is 353 g/mol. The number of piperidine rings is 1. The number of hydrogen-bond acceptors (Lipinski definition) is 4. The number of hydrogen-bond donors (Lipinski definition) is 2. The zero-order valence-electron chi connectivity index (χ0n) is 15.0. The van der Waals surface area contributed by atoms with Crippen LogP contribution in [-0.4, -0.2) is 43.7 Å². The molecular weight excluding hydrogens is 330 g/mol. The molecular formula is C19H23N5O2. The fraction of sp³-hybridized carbons (Fsp3) is 0.421. The van der Waals surface area contributed by atoms with Crippen LogP contribution in [0.25, 0.3) is 11.0 Å². The molecule has 26 heavy (non-hydrogen) atoms. The van der Waals surface area contributed by atoms with Gasteiger partial charge in [0.25, 0.3) is 0 Å². The molecule has 0 radical (unpaired) electrons. The minimum Gasteiger partial charge on any atom is -0.478 e. The van der Waals surface area contributed by atoms with Crippen molar-refractivity contribution in [2.75, 3.05) is 18.0 Å². The Morgan fingerprint density at radius 1 is 1.31 bits per heavy atom. The number of aromatic nitrogens is 4. The van der Waals surface area contributed by atoms with E-state index in [-0.39, 0.29) is 6.04 Å². The maximum absolute atomic E-state index is 11.7. The Hall–Kier alpha value is -2.83. The summed E-state index contributed by atoms with van der Waals surface area (Å²) in [6.45, 7) is 5.91. The zero-order chi connectivity index (χ0) is 18.3. The number of carboxylic acids is 1. The number of H-pyrrole nitrogens is 1. The van der Waals surface area contributed by atoms with Crippen LogP contribution in [0, 0.1) is 0 Å². The second-order valence-corrected chi connectivity index (χ2v) is 7.11. The first-order valence-electron chi connectivity index (χ1n) is 9.04. The number of para-hydroxylation sites is 1. The third-order valence-corrected chi connectivity index (χ3v) is 5.15. The topological polar surface area (TPSA) is 87.0 Å². The van der Waals surface area contributed by atoms with E-state index in [1.165, 1.54) is 0 Å². The van der Waals surface area contributed by atoms with Gasteiger partial charge in [0.1, 0.15) is 0 Å². The molecule has 1 aliphatic rings. The van der Waals surface area contributed by atoms with Crippen LogP contribution in [0.3, 0.4) is 0 Å². The summed E-state index contributed by atoms with van der Waals surface area (Å²) >= 11 is 0. The summed E-state index contributed by atoms with van der Waals surface area (Å²) in [6, 6.07) is 5.43. The first kappa shape index (κ1) is 16.6. The van der Waals surface area contributed by atoms with Gasteiger partial charge in [-0.05, 0) is 38.8 Å². The Bertz CT molecular complexity index is 921. The minimum atomic E-state index is -0.916. The van der Waals surface area contributed by atoms with Crippen molar-refractivity contribution in [2.45, 2.75) is 38.6 Å². The van der Waals surface area contributed by atoms with Crippen molar-refractivity contribution in [3.63, 3.8) is 0 Å². The van der Waals surface area contributed by atoms with Gasteiger partial charge in [-0.25, -0.2) is 14.8 Å². The molecule has 0 spiro atoms. The largest absolute Gasteiger partial charge is 0.478 e. The summed E-state index contributed by atoms with van der Waals surface area (Å²) in [5, 5.41) is 9.58. The van der Waals surface area contributed by atoms with Gasteiger partial charge in [0, 0.05) is 31.2 Å². The van der Waals surface area contributed by atoms with Crippen molar-refractivity contribution >= 4 is 23.0 Å². The molecule has 136 valence electrons. The lowest BCUT2D eigenvalue weighted by Crippen LogP contribution is -2.35. The summed E-state index contributed by atoms with van der Waals surface area (Å²) in [4.78, 5) is 26.2. The predicted octanol–water partition coefficient (Wildman–Crippen LogP) is 3.42. The number of carbonyl (C=O) groups is 1. The first-order chi connectivity index (χ1) is 12.6. The third-order valence-electron chi connectivity index (χ3n) is 5.15. The van der Waals surface area contributed by atoms with E-state index >= 15 is 0 Å². The standard InChI is InChI=1S/C19H23N5O2/c1-12(2)24-17-14(18(25)26)4-3-5-15(17)22-19(24)23-8-6-13(7-9-23)16-10-20-11-21-16/h3-5,10-13H,6-9H2,1-2H3,(H,20,21)(H,25,26). The highest BCUT2D eigenvalue weighted by atomic mass is 16.4. The number of benzene rings is 1. The van der Waals surface area contributed by atoms with E-state index < -0.39 is 5.97 Å². The highest BCUT2D eigenvalue weighted by Gasteiger charge is 2.27. The van der Waals surface area contributed by atoms with Crippen molar-refractivity contribution < 1.29 is 9.90 Å². The molecule has 7 heteroatoms. The summed E-state index contributed by atoms with van der Waals surface area (Å²) in [5.74, 6) is 0.411. The van der Waals surface area contributed by atoms with Gasteiger partial charge in [-0.3, -0.25) is 0 Å². The SMILES string of the molecule is CC(C)n1c(N2CCC(c3c[nH]cn3)CC2)nc2cccc(C(=O)O)c21. The van der Waals surface area contributed by atoms with Crippen LogP contribution in [0.15, 0.2) is 30.7 Å². The predicted molar refractivity (Wildman–Crippen MR) is 99.9 cm³/mol. The van der Waals surface area contributed by atoms with Gasteiger partial charge in [-0.15, -0.1) is 0 Å². The molecule has 1 aromatic carbocycles. The van der Waals surface area contributed by atoms with Crippen molar-refractivity contribution in [3.05, 3.63) is 42.0 Å². The van der Waals surface area contributed by atoms with Crippen LogP contribution in [0.4, 0.5) is 5.95 Å². The number of carboxylic acid groups (broad SMARTS) is 1. The fourth-order valence-corrected chi connectivity index (χ4v) is 3.89. The summed E-state index contributed by atoms with van der Waals surface area (Å²) < 4.78 is 2.06. The Balaban J connectivity index is 1.70. The Kier molecular flexibility index (Phi) is 4.14. The maximum atomic E-state index is 11.7. The molecule has 7 nitrogen and oxygen atoms in total. The van der Waals surface area contributed by atoms with Gasteiger partial charge in [-0.2, -0.15) is 0 Å². The number of rotatable bonds is 4. The quantitative estimate of drug-likeness (QED) is 0.750. The molecule has 1 aliphatic heterocycles. The number of anilines is 1. The van der Waals surface area contributed by atoms with E-state index in [4.69, 9.17) is 4.98 Å². The van der Waals surface area contributed by atoms with Crippen LogP contribution in [0.2, 0.25) is 0 Å². The fourth-order valence-electron chi connectivity index (χ4n) is 3.89. The monoisotopic (exact) mass is 353 g/mol. The average Bonchev–Trinajstić information content (AvgIpc) is 3.29. The highest BCUT2D eigenvalue weighted by Crippen LogP contribution is 2.33. The Labute approximate surface area is 151 Å². The van der Waals surface area contributed by atoms with Gasteiger partial charge in [0.05, 0.1) is 28.6 Å².